The van der Waals surface area contributed by atoms with E-state index in [-0.39, 0.29) is 11.4 Å². The number of quaternary nitrogens is 1. The van der Waals surface area contributed by atoms with Crippen LogP contribution in [0.3, 0.4) is 0 Å². The molecule has 25 heavy (non-hydrogen) atoms. The lowest BCUT2D eigenvalue weighted by Gasteiger charge is -2.42. The number of hydrogen-bond acceptors (Lipinski definition) is 2. The Morgan fingerprint density at radius 2 is 1.76 bits per heavy atom. The maximum atomic E-state index is 12.8. The highest BCUT2D eigenvalue weighted by atomic mass is 16.2. The second-order valence-electron chi connectivity index (χ2n) is 7.23. The van der Waals surface area contributed by atoms with Gasteiger partial charge in [-0.3, -0.25) is 4.79 Å². The third-order valence-electron chi connectivity index (χ3n) is 5.68. The van der Waals surface area contributed by atoms with Crippen LogP contribution in [0.4, 0.5) is 5.69 Å². The molecule has 0 radical (unpaired) electrons. The zero-order valence-corrected chi connectivity index (χ0v) is 14.6. The van der Waals surface area contributed by atoms with Crippen molar-refractivity contribution in [2.24, 2.45) is 0 Å². The number of amides is 1. The molecule has 2 heterocycles. The molecule has 1 unspecified atom stereocenters. The summed E-state index contributed by atoms with van der Waals surface area (Å²) in [5, 5.41) is 3.10. The van der Waals surface area contributed by atoms with Crippen molar-refractivity contribution in [3.63, 3.8) is 0 Å². The summed E-state index contributed by atoms with van der Waals surface area (Å²) in [5.41, 5.74) is 2.14. The molecular formula is C21H26N3O+. The zero-order chi connectivity index (χ0) is 17.1. The largest absolute Gasteiger partial charge is 0.336 e. The molecule has 1 spiro atoms. The smallest absolute Gasteiger partial charge is 0.253 e. The highest BCUT2D eigenvalue weighted by Gasteiger charge is 2.53. The number of carbonyl (C=O) groups excluding carboxylic acids is 1. The van der Waals surface area contributed by atoms with Crippen molar-refractivity contribution < 1.29 is 9.69 Å². The Balaban J connectivity index is 1.50. The first-order valence-electron chi connectivity index (χ1n) is 9.26. The van der Waals surface area contributed by atoms with Gasteiger partial charge in [0.2, 0.25) is 0 Å². The van der Waals surface area contributed by atoms with Crippen LogP contribution in [0.1, 0.15) is 18.4 Å². The minimum Gasteiger partial charge on any atom is -0.336 e. The fourth-order valence-electron chi connectivity index (χ4n) is 4.36. The average molecular weight is 336 g/mol. The van der Waals surface area contributed by atoms with Crippen LogP contribution in [0.25, 0.3) is 0 Å². The molecule has 130 valence electrons. The summed E-state index contributed by atoms with van der Waals surface area (Å²) in [6.45, 7) is 3.75. The number of hydrogen-bond donors (Lipinski definition) is 2. The maximum absolute atomic E-state index is 12.8. The number of carbonyl (C=O) groups is 1. The van der Waals surface area contributed by atoms with Gasteiger partial charge in [-0.15, -0.1) is 0 Å². The topological polar surface area (TPSA) is 36.8 Å². The Morgan fingerprint density at radius 3 is 2.52 bits per heavy atom. The van der Waals surface area contributed by atoms with Crippen molar-refractivity contribution >= 4 is 11.6 Å². The van der Waals surface area contributed by atoms with Gasteiger partial charge in [0.15, 0.2) is 5.54 Å². The Labute approximate surface area is 149 Å². The number of anilines is 1. The van der Waals surface area contributed by atoms with E-state index in [9.17, 15) is 4.79 Å². The van der Waals surface area contributed by atoms with E-state index in [4.69, 9.17) is 0 Å². The summed E-state index contributed by atoms with van der Waals surface area (Å²) in [5.74, 6) is 0.202. The number of piperidine rings is 1. The maximum Gasteiger partial charge on any atom is 0.253 e. The van der Waals surface area contributed by atoms with Crippen LogP contribution in [-0.2, 0) is 11.2 Å². The normalized spacial score (nSPS) is 26.0. The molecule has 4 rings (SSSR count). The summed E-state index contributed by atoms with van der Waals surface area (Å²) >= 11 is 0. The SMILES string of the molecule is O=C1NCN(c2ccccc2)[C@@]12CCC[NH+](CCc1ccccc1)C2. The van der Waals surface area contributed by atoms with Gasteiger partial charge in [-0.1, -0.05) is 48.5 Å². The second-order valence-corrected chi connectivity index (χ2v) is 7.23. The number of nitrogens with zero attached hydrogens (tertiary/aromatic N) is 1. The first-order chi connectivity index (χ1) is 12.3. The van der Waals surface area contributed by atoms with Gasteiger partial charge >= 0.3 is 0 Å². The van der Waals surface area contributed by atoms with E-state index in [0.29, 0.717) is 6.67 Å². The zero-order valence-electron chi connectivity index (χ0n) is 14.6. The molecule has 0 aliphatic carbocycles. The second kappa shape index (κ2) is 6.89. The lowest BCUT2D eigenvalue weighted by Crippen LogP contribution is -3.16. The molecule has 2 saturated heterocycles. The van der Waals surface area contributed by atoms with E-state index in [2.05, 4.69) is 64.8 Å². The summed E-state index contributed by atoms with van der Waals surface area (Å²) in [7, 11) is 0. The van der Waals surface area contributed by atoms with Crippen LogP contribution in [-0.4, -0.2) is 37.7 Å². The molecule has 0 bridgehead atoms. The monoisotopic (exact) mass is 336 g/mol. The van der Waals surface area contributed by atoms with Crippen LogP contribution in [0, 0.1) is 0 Å². The molecule has 4 nitrogen and oxygen atoms in total. The molecule has 2 aromatic rings. The Hall–Kier alpha value is -2.33. The minimum absolute atomic E-state index is 0.202. The van der Waals surface area contributed by atoms with Crippen molar-refractivity contribution in [3.05, 3.63) is 66.2 Å². The Kier molecular flexibility index (Phi) is 4.45. The molecule has 2 aliphatic rings. The van der Waals surface area contributed by atoms with Gasteiger partial charge in [-0.2, -0.15) is 0 Å². The first kappa shape index (κ1) is 16.2. The first-order valence-corrected chi connectivity index (χ1v) is 9.26. The number of para-hydroxylation sites is 1. The summed E-state index contributed by atoms with van der Waals surface area (Å²) in [4.78, 5) is 16.6. The van der Waals surface area contributed by atoms with Crippen LogP contribution in [0.5, 0.6) is 0 Å². The Morgan fingerprint density at radius 1 is 1.04 bits per heavy atom. The van der Waals surface area contributed by atoms with Crippen molar-refractivity contribution in [3.8, 4) is 0 Å². The van der Waals surface area contributed by atoms with Crippen LogP contribution < -0.4 is 15.1 Å². The highest BCUT2D eigenvalue weighted by Crippen LogP contribution is 2.31. The van der Waals surface area contributed by atoms with E-state index < -0.39 is 0 Å². The van der Waals surface area contributed by atoms with Crippen molar-refractivity contribution in [1.82, 2.24) is 5.32 Å². The van der Waals surface area contributed by atoms with Crippen LogP contribution >= 0.6 is 0 Å². The molecule has 2 fully saturated rings. The summed E-state index contributed by atoms with van der Waals surface area (Å²) in [6.07, 6.45) is 3.11. The summed E-state index contributed by atoms with van der Waals surface area (Å²) in [6, 6.07) is 21.0. The molecule has 2 aromatic carbocycles. The van der Waals surface area contributed by atoms with Gasteiger partial charge in [-0.25, -0.2) is 0 Å². The molecule has 2 atom stereocenters. The van der Waals surface area contributed by atoms with Crippen LogP contribution in [0.2, 0.25) is 0 Å². The molecule has 1 amide bonds. The van der Waals surface area contributed by atoms with Gasteiger partial charge in [0.1, 0.15) is 6.54 Å². The van der Waals surface area contributed by atoms with Crippen LogP contribution in [0.15, 0.2) is 60.7 Å². The molecule has 0 saturated carbocycles. The third-order valence-corrected chi connectivity index (χ3v) is 5.68. The molecular weight excluding hydrogens is 310 g/mol. The van der Waals surface area contributed by atoms with Crippen molar-refractivity contribution in [1.29, 1.82) is 0 Å². The van der Waals surface area contributed by atoms with E-state index in [0.717, 1.165) is 44.6 Å². The standard InChI is InChI=1S/C21H25N3O/c25-20-21(24(17-22-20)19-10-5-2-6-11-19)13-7-14-23(16-21)15-12-18-8-3-1-4-9-18/h1-6,8-11H,7,12-17H2,(H,22,25)/p+1/t21-/m1/s1. The highest BCUT2D eigenvalue weighted by molar-refractivity contribution is 5.93. The number of nitrogens with one attached hydrogen (secondary N) is 2. The molecule has 2 N–H and O–H groups in total. The Bertz CT molecular complexity index is 718. The molecule has 4 heteroatoms. The van der Waals surface area contributed by atoms with Gasteiger partial charge in [0.05, 0.1) is 19.8 Å². The van der Waals surface area contributed by atoms with E-state index in [1.165, 1.54) is 10.5 Å². The third kappa shape index (κ3) is 3.14. The van der Waals surface area contributed by atoms with Crippen molar-refractivity contribution in [2.75, 3.05) is 31.2 Å². The lowest BCUT2D eigenvalue weighted by atomic mass is 9.87. The fraction of sp³-hybridized carbons (Fsp3) is 0.381. The van der Waals surface area contributed by atoms with E-state index >= 15 is 0 Å². The van der Waals surface area contributed by atoms with E-state index in [1.807, 2.05) is 6.07 Å². The average Bonchev–Trinajstić information content (AvgIpc) is 2.97. The van der Waals surface area contributed by atoms with Gasteiger partial charge in [0, 0.05) is 12.1 Å². The number of benzene rings is 2. The van der Waals surface area contributed by atoms with Gasteiger partial charge in [0.25, 0.3) is 5.91 Å². The predicted octanol–water partition coefficient (Wildman–Crippen LogP) is 1.24. The predicted molar refractivity (Wildman–Crippen MR) is 99.6 cm³/mol. The summed E-state index contributed by atoms with van der Waals surface area (Å²) < 4.78 is 0. The van der Waals surface area contributed by atoms with Gasteiger partial charge < -0.3 is 15.1 Å². The number of likely N-dealkylation sites (tertiary alicyclic amines) is 1. The minimum atomic E-state index is -0.383. The molecule has 0 aromatic heterocycles. The number of rotatable bonds is 4. The van der Waals surface area contributed by atoms with E-state index in [1.54, 1.807) is 0 Å². The quantitative estimate of drug-likeness (QED) is 0.881. The van der Waals surface area contributed by atoms with Crippen molar-refractivity contribution in [2.45, 2.75) is 24.8 Å². The fourth-order valence-corrected chi connectivity index (χ4v) is 4.36. The molecule has 2 aliphatic heterocycles. The lowest BCUT2D eigenvalue weighted by molar-refractivity contribution is -0.907. The van der Waals surface area contributed by atoms with Gasteiger partial charge in [-0.05, 0) is 30.5 Å².